The summed E-state index contributed by atoms with van der Waals surface area (Å²) < 4.78 is 7.54. The topological polar surface area (TPSA) is 75.0 Å². The van der Waals surface area contributed by atoms with Crippen molar-refractivity contribution in [2.45, 2.75) is 25.0 Å². The van der Waals surface area contributed by atoms with Gasteiger partial charge in [-0.05, 0) is 18.9 Å². The molecule has 0 fully saturated rings. The minimum Gasteiger partial charge on any atom is -0.463 e. The van der Waals surface area contributed by atoms with E-state index in [2.05, 4.69) is 11.1 Å². The number of fused-ring (bicyclic) bond motifs is 2. The summed E-state index contributed by atoms with van der Waals surface area (Å²) in [5, 5.41) is 21.2. The first kappa shape index (κ1) is 12.2. The molecular formula is C16H13N3O2. The largest absolute Gasteiger partial charge is 0.463 e. The molecular weight excluding hydrogens is 266 g/mol. The van der Waals surface area contributed by atoms with Gasteiger partial charge in [-0.3, -0.25) is 0 Å². The molecule has 5 heteroatoms. The van der Waals surface area contributed by atoms with Crippen LogP contribution in [0.5, 0.6) is 0 Å². The first-order valence-corrected chi connectivity index (χ1v) is 6.88. The van der Waals surface area contributed by atoms with Gasteiger partial charge in [0.2, 0.25) is 0 Å². The van der Waals surface area contributed by atoms with Crippen molar-refractivity contribution >= 4 is 11.0 Å². The van der Waals surface area contributed by atoms with Gasteiger partial charge in [-0.2, -0.15) is 5.26 Å². The molecule has 1 aromatic carbocycles. The van der Waals surface area contributed by atoms with Crippen LogP contribution >= 0.6 is 0 Å². The summed E-state index contributed by atoms with van der Waals surface area (Å²) in [5.74, 6) is 0. The lowest BCUT2D eigenvalue weighted by Gasteiger charge is -2.32. The predicted octanol–water partition coefficient (Wildman–Crippen LogP) is 2.53. The Morgan fingerprint density at radius 1 is 1.43 bits per heavy atom. The van der Waals surface area contributed by atoms with Gasteiger partial charge in [0.25, 0.3) is 0 Å². The van der Waals surface area contributed by atoms with Crippen LogP contribution in [0.25, 0.3) is 11.0 Å². The zero-order valence-electron chi connectivity index (χ0n) is 11.3. The van der Waals surface area contributed by atoms with E-state index >= 15 is 0 Å². The van der Waals surface area contributed by atoms with Crippen molar-refractivity contribution in [3.63, 3.8) is 0 Å². The van der Waals surface area contributed by atoms with Crippen molar-refractivity contribution in [1.82, 2.24) is 9.55 Å². The molecule has 5 nitrogen and oxygen atoms in total. The Bertz CT molecular complexity index is 871. The number of para-hydroxylation sites is 1. The van der Waals surface area contributed by atoms with Gasteiger partial charge < -0.3 is 14.1 Å². The second-order valence-corrected chi connectivity index (χ2v) is 5.38. The maximum absolute atomic E-state index is 11.2. The molecule has 0 aliphatic carbocycles. The smallest absolute Gasteiger partial charge is 0.152 e. The van der Waals surface area contributed by atoms with Gasteiger partial charge in [0.1, 0.15) is 11.7 Å². The second kappa shape index (κ2) is 4.21. The summed E-state index contributed by atoms with van der Waals surface area (Å²) in [5.41, 5.74) is 1.37. The molecule has 3 heterocycles. The van der Waals surface area contributed by atoms with Gasteiger partial charge in [0.15, 0.2) is 5.58 Å². The van der Waals surface area contributed by atoms with Crippen molar-refractivity contribution in [2.24, 2.45) is 0 Å². The van der Waals surface area contributed by atoms with E-state index in [9.17, 15) is 5.11 Å². The van der Waals surface area contributed by atoms with Crippen LogP contribution in [-0.2, 0) is 12.1 Å². The van der Waals surface area contributed by atoms with E-state index in [4.69, 9.17) is 9.68 Å². The first-order valence-electron chi connectivity index (χ1n) is 6.88. The zero-order chi connectivity index (χ0) is 14.4. The Morgan fingerprint density at radius 3 is 3.19 bits per heavy atom. The number of hydrogen-bond donors (Lipinski definition) is 1. The number of imidazole rings is 1. The number of nitriles is 1. The summed E-state index contributed by atoms with van der Waals surface area (Å²) >= 11 is 0. The fourth-order valence-corrected chi connectivity index (χ4v) is 3.21. The van der Waals surface area contributed by atoms with E-state index in [1.165, 1.54) is 0 Å². The standard InChI is InChI=1S/C16H13N3O2/c17-7-11-3-1-4-12-13(9-21-15(11)12)16(20)5-2-6-19-10-18-8-14(16)19/h1,3-4,8-10,20H,2,5-6H2. The molecule has 0 saturated heterocycles. The Morgan fingerprint density at radius 2 is 2.33 bits per heavy atom. The highest BCUT2D eigenvalue weighted by atomic mass is 16.3. The van der Waals surface area contributed by atoms with Crippen LogP contribution < -0.4 is 0 Å². The van der Waals surface area contributed by atoms with E-state index in [-0.39, 0.29) is 0 Å². The molecule has 0 radical (unpaired) electrons. The van der Waals surface area contributed by atoms with Gasteiger partial charge in [0, 0.05) is 17.5 Å². The van der Waals surface area contributed by atoms with Crippen LogP contribution in [0.4, 0.5) is 0 Å². The van der Waals surface area contributed by atoms with Crippen LogP contribution in [0.1, 0.15) is 29.7 Å². The molecule has 0 amide bonds. The summed E-state index contributed by atoms with van der Waals surface area (Å²) in [7, 11) is 0. The fraction of sp³-hybridized carbons (Fsp3) is 0.250. The second-order valence-electron chi connectivity index (χ2n) is 5.38. The number of aliphatic hydroxyl groups is 1. The Balaban J connectivity index is 1.99. The minimum atomic E-state index is -1.12. The van der Waals surface area contributed by atoms with Crippen molar-refractivity contribution < 1.29 is 9.52 Å². The Labute approximate surface area is 121 Å². The van der Waals surface area contributed by atoms with Crippen molar-refractivity contribution in [3.8, 4) is 6.07 Å². The highest BCUT2D eigenvalue weighted by Crippen LogP contribution is 2.41. The summed E-state index contributed by atoms with van der Waals surface area (Å²) in [6.45, 7) is 0.858. The van der Waals surface area contributed by atoms with E-state index in [1.54, 1.807) is 24.9 Å². The van der Waals surface area contributed by atoms with Crippen LogP contribution in [-0.4, -0.2) is 14.7 Å². The van der Waals surface area contributed by atoms with Gasteiger partial charge in [0.05, 0.1) is 30.0 Å². The lowest BCUT2D eigenvalue weighted by Crippen LogP contribution is -2.33. The number of furan rings is 1. The molecule has 1 aliphatic heterocycles. The number of rotatable bonds is 1. The number of nitrogens with zero attached hydrogens (tertiary/aromatic N) is 3. The predicted molar refractivity (Wildman–Crippen MR) is 75.4 cm³/mol. The average molecular weight is 279 g/mol. The number of aryl methyl sites for hydroxylation is 1. The third kappa shape index (κ3) is 1.57. The highest BCUT2D eigenvalue weighted by molar-refractivity contribution is 5.87. The van der Waals surface area contributed by atoms with Crippen LogP contribution in [0.15, 0.2) is 41.4 Å². The van der Waals surface area contributed by atoms with Crippen molar-refractivity contribution in [2.75, 3.05) is 0 Å². The average Bonchev–Trinajstić information content (AvgIpc) is 3.14. The molecule has 1 unspecified atom stereocenters. The van der Waals surface area contributed by atoms with Gasteiger partial charge in [-0.15, -0.1) is 0 Å². The maximum Gasteiger partial charge on any atom is 0.152 e. The quantitative estimate of drug-likeness (QED) is 0.742. The van der Waals surface area contributed by atoms with Crippen LogP contribution in [0.2, 0.25) is 0 Å². The third-order valence-corrected chi connectivity index (χ3v) is 4.24. The van der Waals surface area contributed by atoms with Crippen LogP contribution in [0.3, 0.4) is 0 Å². The molecule has 0 spiro atoms. The fourth-order valence-electron chi connectivity index (χ4n) is 3.21. The van der Waals surface area contributed by atoms with Crippen molar-refractivity contribution in [1.29, 1.82) is 5.26 Å². The zero-order valence-corrected chi connectivity index (χ0v) is 11.3. The molecule has 21 heavy (non-hydrogen) atoms. The monoisotopic (exact) mass is 279 g/mol. The van der Waals surface area contributed by atoms with Crippen molar-refractivity contribution in [3.05, 3.63) is 53.8 Å². The summed E-state index contributed by atoms with van der Waals surface area (Å²) in [6, 6.07) is 7.52. The Hall–Kier alpha value is -2.58. The molecule has 1 N–H and O–H groups in total. The molecule has 3 aromatic rings. The van der Waals surface area contributed by atoms with Gasteiger partial charge in [-0.1, -0.05) is 12.1 Å². The molecule has 2 aromatic heterocycles. The lowest BCUT2D eigenvalue weighted by atomic mass is 9.84. The van der Waals surface area contributed by atoms with Gasteiger partial charge in [-0.25, -0.2) is 4.98 Å². The summed E-state index contributed by atoms with van der Waals surface area (Å²) in [4.78, 5) is 4.14. The molecule has 1 aliphatic rings. The minimum absolute atomic E-state index is 0.478. The first-order chi connectivity index (χ1) is 10.2. The number of hydrogen-bond acceptors (Lipinski definition) is 4. The van der Waals surface area contributed by atoms with Crippen LogP contribution in [0, 0.1) is 11.3 Å². The number of benzene rings is 1. The third-order valence-electron chi connectivity index (χ3n) is 4.24. The maximum atomic E-state index is 11.2. The summed E-state index contributed by atoms with van der Waals surface area (Å²) in [6.07, 6.45) is 6.48. The van der Waals surface area contributed by atoms with E-state index in [0.29, 0.717) is 23.1 Å². The molecule has 1 atom stereocenters. The lowest BCUT2D eigenvalue weighted by molar-refractivity contribution is 0.0475. The molecule has 104 valence electrons. The molecule has 0 bridgehead atoms. The number of aromatic nitrogens is 2. The van der Waals surface area contributed by atoms with Gasteiger partial charge >= 0.3 is 0 Å². The molecule has 0 saturated carbocycles. The van der Waals surface area contributed by atoms with E-state index < -0.39 is 5.60 Å². The van der Waals surface area contributed by atoms with E-state index in [1.807, 2.05) is 16.7 Å². The normalized spacial score (nSPS) is 21.1. The SMILES string of the molecule is N#Cc1cccc2c(C3(O)CCCn4cncc43)coc12. The molecule has 4 rings (SSSR count). The Kier molecular flexibility index (Phi) is 2.44. The van der Waals surface area contributed by atoms with E-state index in [0.717, 1.165) is 24.0 Å². The highest BCUT2D eigenvalue weighted by Gasteiger charge is 2.39.